The fourth-order valence-corrected chi connectivity index (χ4v) is 1.50. The molecule has 0 aromatic heterocycles. The van der Waals surface area contributed by atoms with Gasteiger partial charge in [-0.25, -0.2) is 0 Å². The molecule has 0 radical (unpaired) electrons. The van der Waals surface area contributed by atoms with Crippen LogP contribution >= 0.6 is 0 Å². The predicted molar refractivity (Wildman–Crippen MR) is 53.0 cm³/mol. The lowest BCUT2D eigenvalue weighted by molar-refractivity contribution is -0.140. The second kappa shape index (κ2) is 5.98. The highest BCUT2D eigenvalue weighted by Gasteiger charge is 2.30. The van der Waals surface area contributed by atoms with Crippen LogP contribution < -0.4 is 5.32 Å². The molecule has 4 nitrogen and oxygen atoms in total. The van der Waals surface area contributed by atoms with Crippen LogP contribution in [-0.2, 0) is 14.3 Å². The number of carbonyl (C=O) groups is 1. The molecule has 0 aromatic carbocycles. The lowest BCUT2D eigenvalue weighted by Gasteiger charge is -2.16. The predicted octanol–water partition coefficient (Wildman–Crippen LogP) is 0.564. The summed E-state index contributed by atoms with van der Waals surface area (Å²) in [6.07, 6.45) is 2.99. The van der Waals surface area contributed by atoms with E-state index in [-0.39, 0.29) is 5.97 Å². The third kappa shape index (κ3) is 4.07. The maximum absolute atomic E-state index is 10.8. The van der Waals surface area contributed by atoms with Crippen LogP contribution in [0, 0.1) is 5.92 Å². The van der Waals surface area contributed by atoms with Gasteiger partial charge in [0.1, 0.15) is 0 Å². The fourth-order valence-electron chi connectivity index (χ4n) is 1.50. The number of hydrogen-bond acceptors (Lipinski definition) is 4. The zero-order valence-electron chi connectivity index (χ0n) is 8.91. The molecule has 1 N–H and O–H groups in total. The van der Waals surface area contributed by atoms with Crippen molar-refractivity contribution in [3.05, 3.63) is 0 Å². The molecule has 0 aromatic rings. The van der Waals surface area contributed by atoms with E-state index in [0.717, 1.165) is 12.5 Å². The van der Waals surface area contributed by atoms with Crippen molar-refractivity contribution in [2.24, 2.45) is 5.92 Å². The van der Waals surface area contributed by atoms with Crippen molar-refractivity contribution >= 4 is 5.97 Å². The number of ether oxygens (including phenoxy) is 2. The molecule has 1 aliphatic rings. The molecule has 1 atom stereocenters. The van der Waals surface area contributed by atoms with Gasteiger partial charge in [0.15, 0.2) is 0 Å². The van der Waals surface area contributed by atoms with Gasteiger partial charge in [-0.2, -0.15) is 0 Å². The Morgan fingerprint density at radius 3 is 2.71 bits per heavy atom. The topological polar surface area (TPSA) is 47.6 Å². The SMILES string of the molecule is COCC(NCCC(=O)OC)C1CC1. The molecule has 1 unspecified atom stereocenters. The van der Waals surface area contributed by atoms with Crippen LogP contribution in [0.3, 0.4) is 0 Å². The van der Waals surface area contributed by atoms with E-state index in [1.807, 2.05) is 0 Å². The molecule has 1 rings (SSSR count). The third-order valence-electron chi connectivity index (χ3n) is 2.50. The summed E-state index contributed by atoms with van der Waals surface area (Å²) < 4.78 is 9.67. The maximum atomic E-state index is 10.8. The monoisotopic (exact) mass is 201 g/mol. The maximum Gasteiger partial charge on any atom is 0.306 e. The van der Waals surface area contributed by atoms with Crippen molar-refractivity contribution in [2.45, 2.75) is 25.3 Å². The number of hydrogen-bond donors (Lipinski definition) is 1. The quantitative estimate of drug-likeness (QED) is 0.612. The standard InChI is InChI=1S/C10H19NO3/c1-13-7-9(8-3-4-8)11-6-5-10(12)14-2/h8-9,11H,3-7H2,1-2H3. The first-order valence-corrected chi connectivity index (χ1v) is 5.07. The van der Waals surface area contributed by atoms with Crippen LogP contribution in [0.1, 0.15) is 19.3 Å². The van der Waals surface area contributed by atoms with Gasteiger partial charge in [-0.3, -0.25) is 4.79 Å². The van der Waals surface area contributed by atoms with Crippen molar-refractivity contribution < 1.29 is 14.3 Å². The van der Waals surface area contributed by atoms with Gasteiger partial charge < -0.3 is 14.8 Å². The van der Waals surface area contributed by atoms with Gasteiger partial charge in [0.25, 0.3) is 0 Å². The first-order chi connectivity index (χ1) is 6.77. The van der Waals surface area contributed by atoms with Crippen molar-refractivity contribution in [1.29, 1.82) is 0 Å². The van der Waals surface area contributed by atoms with Crippen molar-refractivity contribution in [1.82, 2.24) is 5.32 Å². The molecule has 14 heavy (non-hydrogen) atoms. The summed E-state index contributed by atoms with van der Waals surface area (Å²) in [5.74, 6) is 0.581. The summed E-state index contributed by atoms with van der Waals surface area (Å²) >= 11 is 0. The lowest BCUT2D eigenvalue weighted by Crippen LogP contribution is -2.36. The van der Waals surface area contributed by atoms with Gasteiger partial charge in [-0.15, -0.1) is 0 Å². The minimum atomic E-state index is -0.163. The van der Waals surface area contributed by atoms with Gasteiger partial charge in [0, 0.05) is 19.7 Å². The molecule has 1 fully saturated rings. The number of carbonyl (C=O) groups excluding carboxylic acids is 1. The summed E-state index contributed by atoms with van der Waals surface area (Å²) in [4.78, 5) is 10.8. The van der Waals surface area contributed by atoms with Crippen LogP contribution in [0.5, 0.6) is 0 Å². The molecule has 4 heteroatoms. The fraction of sp³-hybridized carbons (Fsp3) is 0.900. The Morgan fingerprint density at radius 2 is 2.21 bits per heavy atom. The Balaban J connectivity index is 2.10. The zero-order valence-corrected chi connectivity index (χ0v) is 8.91. The Hall–Kier alpha value is -0.610. The van der Waals surface area contributed by atoms with E-state index in [4.69, 9.17) is 4.74 Å². The average Bonchev–Trinajstić information content (AvgIpc) is 2.99. The summed E-state index contributed by atoms with van der Waals surface area (Å²) in [6.45, 7) is 1.41. The van der Waals surface area contributed by atoms with Gasteiger partial charge >= 0.3 is 5.97 Å². The summed E-state index contributed by atoms with van der Waals surface area (Å²) in [5, 5.41) is 3.32. The molecule has 0 bridgehead atoms. The highest BCUT2D eigenvalue weighted by atomic mass is 16.5. The normalized spacial score (nSPS) is 17.9. The molecule has 0 spiro atoms. The largest absolute Gasteiger partial charge is 0.469 e. The molecule has 0 heterocycles. The summed E-state index contributed by atoms with van der Waals surface area (Å²) in [7, 11) is 3.12. The molecular formula is C10H19NO3. The van der Waals surface area contributed by atoms with Crippen LogP contribution in [0.25, 0.3) is 0 Å². The molecule has 82 valence electrons. The van der Waals surface area contributed by atoms with E-state index < -0.39 is 0 Å². The first kappa shape index (κ1) is 11.5. The minimum Gasteiger partial charge on any atom is -0.469 e. The molecule has 1 saturated carbocycles. The first-order valence-electron chi connectivity index (χ1n) is 5.07. The lowest BCUT2D eigenvalue weighted by atomic mass is 10.2. The van der Waals surface area contributed by atoms with Crippen LogP contribution in [0.15, 0.2) is 0 Å². The third-order valence-corrected chi connectivity index (χ3v) is 2.50. The van der Waals surface area contributed by atoms with E-state index in [1.54, 1.807) is 7.11 Å². The number of methoxy groups -OCH3 is 2. The van der Waals surface area contributed by atoms with Gasteiger partial charge in [0.05, 0.1) is 20.1 Å². The zero-order chi connectivity index (χ0) is 10.4. The van der Waals surface area contributed by atoms with Gasteiger partial charge in [-0.05, 0) is 18.8 Å². The van der Waals surface area contributed by atoms with Crippen molar-refractivity contribution in [2.75, 3.05) is 27.4 Å². The van der Waals surface area contributed by atoms with E-state index in [1.165, 1.54) is 20.0 Å². The molecular weight excluding hydrogens is 182 g/mol. The van der Waals surface area contributed by atoms with Gasteiger partial charge in [0.2, 0.25) is 0 Å². The Kier molecular flexibility index (Phi) is 4.90. The Bertz CT molecular complexity index is 180. The van der Waals surface area contributed by atoms with Gasteiger partial charge in [-0.1, -0.05) is 0 Å². The van der Waals surface area contributed by atoms with Crippen LogP contribution in [-0.4, -0.2) is 39.4 Å². The second-order valence-corrected chi connectivity index (χ2v) is 3.68. The summed E-state index contributed by atoms with van der Waals surface area (Å²) in [6, 6.07) is 0.407. The Morgan fingerprint density at radius 1 is 1.50 bits per heavy atom. The Labute approximate surface area is 85.0 Å². The number of nitrogens with one attached hydrogen (secondary N) is 1. The van der Waals surface area contributed by atoms with Crippen LogP contribution in [0.2, 0.25) is 0 Å². The average molecular weight is 201 g/mol. The molecule has 0 aliphatic heterocycles. The van der Waals surface area contributed by atoms with Crippen LogP contribution in [0.4, 0.5) is 0 Å². The highest BCUT2D eigenvalue weighted by molar-refractivity contribution is 5.69. The van der Waals surface area contributed by atoms with Crippen molar-refractivity contribution in [3.63, 3.8) is 0 Å². The smallest absolute Gasteiger partial charge is 0.306 e. The second-order valence-electron chi connectivity index (χ2n) is 3.68. The highest BCUT2D eigenvalue weighted by Crippen LogP contribution is 2.32. The molecule has 1 aliphatic carbocycles. The van der Waals surface area contributed by atoms with E-state index in [9.17, 15) is 4.79 Å². The minimum absolute atomic E-state index is 0.163. The van der Waals surface area contributed by atoms with Crippen molar-refractivity contribution in [3.8, 4) is 0 Å². The summed E-state index contributed by atoms with van der Waals surface area (Å²) in [5.41, 5.74) is 0. The van der Waals surface area contributed by atoms with E-state index in [0.29, 0.717) is 19.0 Å². The molecule has 0 amide bonds. The molecule has 0 saturated heterocycles. The van der Waals surface area contributed by atoms with E-state index in [2.05, 4.69) is 10.1 Å². The van der Waals surface area contributed by atoms with E-state index >= 15 is 0 Å². The number of esters is 1. The number of rotatable bonds is 7.